The molecule has 0 spiro atoms. The zero-order valence-corrected chi connectivity index (χ0v) is 18.6. The number of amides is 2. The minimum Gasteiger partial charge on any atom is -0.493 e. The number of methoxy groups -OCH3 is 2. The van der Waals surface area contributed by atoms with Crippen LogP contribution in [0.15, 0.2) is 54.6 Å². The molecule has 0 bridgehead atoms. The molecule has 3 aromatic rings. The van der Waals surface area contributed by atoms with Crippen molar-refractivity contribution in [3.05, 3.63) is 81.3 Å². The summed E-state index contributed by atoms with van der Waals surface area (Å²) in [6.45, 7) is 1.86. The normalized spacial score (nSPS) is 10.4. The lowest BCUT2D eigenvalue weighted by atomic mass is 10.1. The van der Waals surface area contributed by atoms with Gasteiger partial charge in [-0.2, -0.15) is 0 Å². The number of carbonyl (C=O) groups excluding carboxylic acids is 2. The number of hydrogen-bond acceptors (Lipinski definition) is 4. The zero-order chi connectivity index (χ0) is 22.5. The first-order valence-corrected chi connectivity index (χ1v) is 9.98. The van der Waals surface area contributed by atoms with Crippen molar-refractivity contribution in [3.8, 4) is 11.5 Å². The summed E-state index contributed by atoms with van der Waals surface area (Å²) in [6.07, 6.45) is 0. The summed E-state index contributed by atoms with van der Waals surface area (Å²) in [4.78, 5) is 25.0. The smallest absolute Gasteiger partial charge is 0.255 e. The molecule has 0 radical (unpaired) electrons. The molecule has 31 heavy (non-hydrogen) atoms. The topological polar surface area (TPSA) is 76.7 Å². The molecular weight excluding hydrogens is 439 g/mol. The van der Waals surface area contributed by atoms with Crippen molar-refractivity contribution >= 4 is 46.4 Å². The number of nitrogens with one attached hydrogen (secondary N) is 2. The van der Waals surface area contributed by atoms with E-state index in [4.69, 9.17) is 32.7 Å². The molecule has 3 aromatic carbocycles. The second kappa shape index (κ2) is 9.73. The van der Waals surface area contributed by atoms with E-state index in [1.807, 2.05) is 6.92 Å². The molecule has 0 aliphatic heterocycles. The van der Waals surface area contributed by atoms with E-state index in [1.54, 1.807) is 49.6 Å². The Bertz CT molecular complexity index is 1110. The summed E-state index contributed by atoms with van der Waals surface area (Å²) in [5.41, 5.74) is 2.73. The second-order valence-corrected chi connectivity index (χ2v) is 7.54. The standard InChI is InChI=1S/C23H20Cl2N2O4/c1-13-8-20(30-2)21(31-3)12-19(13)27-22(28)14-4-6-18(7-5-14)26-23(29)15-9-16(24)11-17(25)10-15/h4-12H,1-3H3,(H,26,29)(H,27,28). The van der Waals surface area contributed by atoms with Crippen LogP contribution in [0.3, 0.4) is 0 Å². The fraction of sp³-hybridized carbons (Fsp3) is 0.130. The Morgan fingerprint density at radius 3 is 1.87 bits per heavy atom. The zero-order valence-electron chi connectivity index (χ0n) is 17.1. The van der Waals surface area contributed by atoms with Gasteiger partial charge in [-0.15, -0.1) is 0 Å². The van der Waals surface area contributed by atoms with E-state index in [0.717, 1.165) is 5.56 Å². The van der Waals surface area contributed by atoms with Crippen molar-refractivity contribution in [1.82, 2.24) is 0 Å². The van der Waals surface area contributed by atoms with E-state index in [0.29, 0.717) is 44.0 Å². The van der Waals surface area contributed by atoms with Gasteiger partial charge in [0.1, 0.15) is 0 Å². The molecule has 0 fully saturated rings. The summed E-state index contributed by atoms with van der Waals surface area (Å²) in [6, 6.07) is 14.6. The largest absolute Gasteiger partial charge is 0.493 e. The maximum Gasteiger partial charge on any atom is 0.255 e. The molecule has 3 rings (SSSR count). The maximum atomic E-state index is 12.7. The van der Waals surface area contributed by atoms with Crippen LogP contribution in [-0.2, 0) is 0 Å². The third kappa shape index (κ3) is 5.48. The number of hydrogen-bond donors (Lipinski definition) is 2. The van der Waals surface area contributed by atoms with Gasteiger partial charge in [0.25, 0.3) is 11.8 Å². The third-order valence-corrected chi connectivity index (χ3v) is 4.94. The van der Waals surface area contributed by atoms with E-state index in [-0.39, 0.29) is 11.8 Å². The Balaban J connectivity index is 1.71. The molecule has 0 aliphatic rings. The number of aryl methyl sites for hydroxylation is 1. The summed E-state index contributed by atoms with van der Waals surface area (Å²) in [7, 11) is 3.08. The van der Waals surface area contributed by atoms with Gasteiger partial charge in [0, 0.05) is 38.6 Å². The first-order valence-electron chi connectivity index (χ1n) is 9.22. The monoisotopic (exact) mass is 458 g/mol. The number of anilines is 2. The summed E-state index contributed by atoms with van der Waals surface area (Å²) in [5.74, 6) is 0.444. The Labute approximate surface area is 190 Å². The van der Waals surface area contributed by atoms with Gasteiger partial charge in [0.15, 0.2) is 11.5 Å². The molecule has 2 N–H and O–H groups in total. The highest BCUT2D eigenvalue weighted by Gasteiger charge is 2.13. The van der Waals surface area contributed by atoms with Crippen molar-refractivity contribution in [2.45, 2.75) is 6.92 Å². The highest BCUT2D eigenvalue weighted by molar-refractivity contribution is 6.35. The third-order valence-electron chi connectivity index (χ3n) is 4.51. The van der Waals surface area contributed by atoms with E-state index >= 15 is 0 Å². The molecule has 0 heterocycles. The number of ether oxygens (including phenoxy) is 2. The Kier molecular flexibility index (Phi) is 7.05. The van der Waals surface area contributed by atoms with E-state index < -0.39 is 0 Å². The lowest BCUT2D eigenvalue weighted by Crippen LogP contribution is -2.14. The van der Waals surface area contributed by atoms with Crippen LogP contribution >= 0.6 is 23.2 Å². The van der Waals surface area contributed by atoms with Crippen molar-refractivity contribution in [3.63, 3.8) is 0 Å². The number of carbonyl (C=O) groups is 2. The second-order valence-electron chi connectivity index (χ2n) is 6.67. The molecule has 0 saturated carbocycles. The van der Waals surface area contributed by atoms with E-state index in [2.05, 4.69) is 10.6 Å². The average molecular weight is 459 g/mol. The first kappa shape index (κ1) is 22.5. The number of rotatable bonds is 6. The van der Waals surface area contributed by atoms with Gasteiger partial charge in [-0.25, -0.2) is 0 Å². The summed E-state index contributed by atoms with van der Waals surface area (Å²) in [5, 5.41) is 6.35. The van der Waals surface area contributed by atoms with Crippen molar-refractivity contribution in [2.75, 3.05) is 24.9 Å². The quantitative estimate of drug-likeness (QED) is 0.487. The Morgan fingerprint density at radius 1 is 0.742 bits per heavy atom. The molecule has 2 amide bonds. The molecule has 0 aromatic heterocycles. The Morgan fingerprint density at radius 2 is 1.29 bits per heavy atom. The number of benzene rings is 3. The molecule has 0 atom stereocenters. The van der Waals surface area contributed by atoms with Crippen LogP contribution in [-0.4, -0.2) is 26.0 Å². The van der Waals surface area contributed by atoms with Gasteiger partial charge in [-0.05, 0) is 61.0 Å². The summed E-state index contributed by atoms with van der Waals surface area (Å²) >= 11 is 11.9. The SMILES string of the molecule is COc1cc(C)c(NC(=O)c2ccc(NC(=O)c3cc(Cl)cc(Cl)c3)cc2)cc1OC. The van der Waals surface area contributed by atoms with Gasteiger partial charge in [-0.3, -0.25) is 9.59 Å². The molecular formula is C23H20Cl2N2O4. The highest BCUT2D eigenvalue weighted by Crippen LogP contribution is 2.33. The van der Waals surface area contributed by atoms with Crippen LogP contribution in [0.25, 0.3) is 0 Å². The van der Waals surface area contributed by atoms with Gasteiger partial charge in [0.2, 0.25) is 0 Å². The molecule has 0 saturated heterocycles. The van der Waals surface area contributed by atoms with Crippen molar-refractivity contribution in [2.24, 2.45) is 0 Å². The molecule has 6 nitrogen and oxygen atoms in total. The van der Waals surface area contributed by atoms with E-state index in [1.165, 1.54) is 19.2 Å². The van der Waals surface area contributed by atoms with Crippen molar-refractivity contribution < 1.29 is 19.1 Å². The number of halogens is 2. The van der Waals surface area contributed by atoms with Gasteiger partial charge < -0.3 is 20.1 Å². The van der Waals surface area contributed by atoms with Crippen LogP contribution < -0.4 is 20.1 Å². The Hall–Kier alpha value is -3.22. The van der Waals surface area contributed by atoms with Crippen molar-refractivity contribution in [1.29, 1.82) is 0 Å². The van der Waals surface area contributed by atoms with Gasteiger partial charge in [0.05, 0.1) is 14.2 Å². The van der Waals surface area contributed by atoms with Crippen LogP contribution in [0.2, 0.25) is 10.0 Å². The first-order chi connectivity index (χ1) is 14.8. The molecule has 0 aliphatic carbocycles. The predicted octanol–water partition coefficient (Wildman–Crippen LogP) is 5.82. The van der Waals surface area contributed by atoms with E-state index in [9.17, 15) is 9.59 Å². The maximum absolute atomic E-state index is 12.7. The van der Waals surface area contributed by atoms with Gasteiger partial charge >= 0.3 is 0 Å². The van der Waals surface area contributed by atoms with Crippen LogP contribution in [0.4, 0.5) is 11.4 Å². The lowest BCUT2D eigenvalue weighted by Gasteiger charge is -2.14. The predicted molar refractivity (Wildman–Crippen MR) is 123 cm³/mol. The minimum atomic E-state index is -0.359. The molecule has 8 heteroatoms. The highest BCUT2D eigenvalue weighted by atomic mass is 35.5. The molecule has 0 unspecified atom stereocenters. The lowest BCUT2D eigenvalue weighted by molar-refractivity contribution is 0.102. The van der Waals surface area contributed by atoms with Crippen LogP contribution in [0.1, 0.15) is 26.3 Å². The average Bonchev–Trinajstić information content (AvgIpc) is 2.74. The minimum absolute atomic E-state index is 0.296. The van der Waals surface area contributed by atoms with Crippen LogP contribution in [0, 0.1) is 6.92 Å². The summed E-state index contributed by atoms with van der Waals surface area (Å²) < 4.78 is 10.6. The fourth-order valence-electron chi connectivity index (χ4n) is 2.90. The fourth-order valence-corrected chi connectivity index (χ4v) is 3.43. The van der Waals surface area contributed by atoms with Crippen LogP contribution in [0.5, 0.6) is 11.5 Å². The molecule has 160 valence electrons. The van der Waals surface area contributed by atoms with Gasteiger partial charge in [-0.1, -0.05) is 23.2 Å².